The van der Waals surface area contributed by atoms with Crippen molar-refractivity contribution in [3.05, 3.63) is 105 Å². The second-order valence-electron chi connectivity index (χ2n) is 9.47. The molecule has 1 saturated carbocycles. The largest absolute Gasteiger partial charge is 0.254 e. The number of halogens is 15. The number of aliphatic imine (C=N–C) groups is 3. The van der Waals surface area contributed by atoms with Gasteiger partial charge in [-0.15, -0.1) is 0 Å². The number of hydrogen-bond donors (Lipinski definition) is 0. The molecule has 0 saturated heterocycles. The third kappa shape index (κ3) is 6.68. The molecule has 0 amide bonds. The minimum atomic E-state index is -2.42. The van der Waals surface area contributed by atoms with Crippen molar-refractivity contribution in [3.63, 3.8) is 0 Å². The van der Waals surface area contributed by atoms with Crippen molar-refractivity contribution in [3.8, 4) is 0 Å². The maximum atomic E-state index is 14.8. The highest BCUT2D eigenvalue weighted by Gasteiger charge is 2.33. The van der Waals surface area contributed by atoms with Crippen molar-refractivity contribution in [2.45, 2.75) is 37.4 Å². The van der Waals surface area contributed by atoms with Crippen LogP contribution in [0.2, 0.25) is 0 Å². The zero-order valence-corrected chi connectivity index (χ0v) is 21.6. The van der Waals surface area contributed by atoms with E-state index in [1.54, 1.807) is 0 Å². The van der Waals surface area contributed by atoms with Crippen molar-refractivity contribution in [2.75, 3.05) is 0 Å². The first-order valence-corrected chi connectivity index (χ1v) is 12.2. The zero-order chi connectivity index (χ0) is 33.5. The molecule has 0 aliphatic heterocycles. The van der Waals surface area contributed by atoms with Crippen LogP contribution < -0.4 is 0 Å². The predicted molar refractivity (Wildman–Crippen MR) is 127 cm³/mol. The van der Waals surface area contributed by atoms with Gasteiger partial charge in [0.15, 0.2) is 69.8 Å². The molecule has 240 valence electrons. The Balaban J connectivity index is 1.76. The summed E-state index contributed by atoms with van der Waals surface area (Å²) in [6.07, 6.45) is -1.99. The lowest BCUT2D eigenvalue weighted by Crippen LogP contribution is -2.32. The van der Waals surface area contributed by atoms with Gasteiger partial charge < -0.3 is 0 Å². The molecule has 1 fully saturated rings. The Hall–Kier alpha value is -4.38. The van der Waals surface area contributed by atoms with Crippen molar-refractivity contribution in [1.82, 2.24) is 0 Å². The summed E-state index contributed by atoms with van der Waals surface area (Å²) < 4.78 is 208. The fraction of sp³-hybridized carbons (Fsp3) is 0.222. The lowest BCUT2D eigenvalue weighted by molar-refractivity contribution is 0.350. The Kier molecular flexibility index (Phi) is 9.62. The highest BCUT2D eigenvalue weighted by Crippen LogP contribution is 2.31. The van der Waals surface area contributed by atoms with Gasteiger partial charge in [0.2, 0.25) is 17.9 Å². The monoisotopic (exact) mass is 663 g/mol. The Morgan fingerprint density at radius 3 is 0.822 bits per heavy atom. The molecule has 0 N–H and O–H groups in total. The van der Waals surface area contributed by atoms with E-state index in [2.05, 4.69) is 15.0 Å². The third-order valence-electron chi connectivity index (χ3n) is 6.49. The van der Waals surface area contributed by atoms with Crippen molar-refractivity contribution >= 4 is 17.9 Å². The molecule has 0 heterocycles. The summed E-state index contributed by atoms with van der Waals surface area (Å²) in [5, 5.41) is 0. The highest BCUT2D eigenvalue weighted by molar-refractivity contribution is 5.95. The number of benzene rings is 3. The highest BCUT2D eigenvalue weighted by atomic mass is 19.2. The van der Waals surface area contributed by atoms with Gasteiger partial charge in [-0.2, -0.15) is 13.2 Å². The Bertz CT molecular complexity index is 1560. The van der Waals surface area contributed by atoms with E-state index in [1.807, 2.05) is 0 Å². The average molecular weight is 663 g/mol. The van der Waals surface area contributed by atoms with Gasteiger partial charge in [0.1, 0.15) is 0 Å². The lowest BCUT2D eigenvalue weighted by Gasteiger charge is -2.29. The molecule has 45 heavy (non-hydrogen) atoms. The fourth-order valence-electron chi connectivity index (χ4n) is 4.41. The van der Waals surface area contributed by atoms with E-state index in [4.69, 9.17) is 0 Å². The molecule has 1 aliphatic carbocycles. The van der Waals surface area contributed by atoms with Gasteiger partial charge in [-0.3, -0.25) is 15.0 Å². The Labute approximate surface area is 241 Å². The number of rotatable bonds is 6. The molecular weight excluding hydrogens is 651 g/mol. The summed E-state index contributed by atoms with van der Waals surface area (Å²) >= 11 is 0. The van der Waals surface area contributed by atoms with Crippen LogP contribution in [0.15, 0.2) is 33.2 Å². The minimum Gasteiger partial charge on any atom is -0.254 e. The first-order valence-electron chi connectivity index (χ1n) is 12.2. The maximum absolute atomic E-state index is 14.8. The van der Waals surface area contributed by atoms with E-state index in [9.17, 15) is 65.9 Å². The molecular formula is C27H12F15N3. The van der Waals surface area contributed by atoms with Gasteiger partial charge in [-0.1, -0.05) is 0 Å². The zero-order valence-electron chi connectivity index (χ0n) is 21.6. The SMILES string of the molecule is FC(=NC1CC(N=C(F)c2cc(F)c(F)c(F)c2F)CC(N=C(F)c2cc(F)c(F)c(F)c2F)C1)c1cc(F)c(F)c(F)c1F. The van der Waals surface area contributed by atoms with Crippen LogP contribution in [0.1, 0.15) is 36.0 Å². The lowest BCUT2D eigenvalue weighted by atomic mass is 9.87. The number of hydrogen-bond acceptors (Lipinski definition) is 3. The molecule has 1 aliphatic rings. The molecule has 3 aromatic carbocycles. The summed E-state index contributed by atoms with van der Waals surface area (Å²) in [6.45, 7) is 0. The van der Waals surface area contributed by atoms with Crippen LogP contribution in [0.4, 0.5) is 65.9 Å². The molecule has 18 heteroatoms. The normalized spacial score (nSPS) is 19.8. The summed E-state index contributed by atoms with van der Waals surface area (Å²) in [4.78, 5) is 10.0. The van der Waals surface area contributed by atoms with Crippen LogP contribution >= 0.6 is 0 Å². The van der Waals surface area contributed by atoms with Crippen LogP contribution in [-0.2, 0) is 0 Å². The maximum Gasteiger partial charge on any atom is 0.219 e. The fourth-order valence-corrected chi connectivity index (χ4v) is 4.41. The second-order valence-corrected chi connectivity index (χ2v) is 9.47. The molecule has 0 atom stereocenters. The molecule has 0 bridgehead atoms. The van der Waals surface area contributed by atoms with Crippen LogP contribution in [0.5, 0.6) is 0 Å². The standard InChI is InChI=1S/C27H12F15N3/c28-13-4-10(16(31)22(37)19(13)34)25(40)43-7-1-8(44-26(41)11-5-14(29)20(35)23(38)17(11)32)3-9(2-7)45-27(42)12-6-15(30)21(36)24(39)18(12)33/h4-9H,1-3H2. The van der Waals surface area contributed by atoms with Gasteiger partial charge in [0.05, 0.1) is 34.8 Å². The van der Waals surface area contributed by atoms with E-state index < -0.39 is 142 Å². The smallest absolute Gasteiger partial charge is 0.219 e. The molecule has 0 spiro atoms. The Morgan fingerprint density at radius 1 is 0.378 bits per heavy atom. The van der Waals surface area contributed by atoms with E-state index in [0.29, 0.717) is 0 Å². The van der Waals surface area contributed by atoms with Gasteiger partial charge >= 0.3 is 0 Å². The number of nitrogens with zero attached hydrogens (tertiary/aromatic N) is 3. The molecule has 3 aromatic rings. The van der Waals surface area contributed by atoms with E-state index >= 15 is 0 Å². The molecule has 0 radical (unpaired) electrons. The first kappa shape index (κ1) is 33.5. The van der Waals surface area contributed by atoms with Gasteiger partial charge in [-0.25, -0.2) is 52.7 Å². The molecule has 0 unspecified atom stereocenters. The van der Waals surface area contributed by atoms with Gasteiger partial charge in [0.25, 0.3) is 0 Å². The average Bonchev–Trinajstić information content (AvgIpc) is 2.98. The van der Waals surface area contributed by atoms with Crippen molar-refractivity contribution in [1.29, 1.82) is 0 Å². The first-order chi connectivity index (χ1) is 21.0. The van der Waals surface area contributed by atoms with E-state index in [1.165, 1.54) is 0 Å². The topological polar surface area (TPSA) is 37.1 Å². The van der Waals surface area contributed by atoms with Crippen LogP contribution in [-0.4, -0.2) is 36.0 Å². The van der Waals surface area contributed by atoms with Crippen LogP contribution in [0.25, 0.3) is 0 Å². The van der Waals surface area contributed by atoms with Crippen LogP contribution in [0.3, 0.4) is 0 Å². The predicted octanol–water partition coefficient (Wildman–Crippen LogP) is 8.19. The summed E-state index contributed by atoms with van der Waals surface area (Å²) in [7, 11) is 0. The van der Waals surface area contributed by atoms with E-state index in [-0.39, 0.29) is 18.2 Å². The summed E-state index contributed by atoms with van der Waals surface area (Å²) in [5.41, 5.74) is -4.60. The quantitative estimate of drug-likeness (QED) is 0.110. The van der Waals surface area contributed by atoms with Crippen molar-refractivity contribution < 1.29 is 65.9 Å². The third-order valence-corrected chi connectivity index (χ3v) is 6.49. The summed E-state index contributed by atoms with van der Waals surface area (Å²) in [5.74, 6) is -32.9. The van der Waals surface area contributed by atoms with Gasteiger partial charge in [0, 0.05) is 0 Å². The molecule has 3 nitrogen and oxygen atoms in total. The molecule has 4 rings (SSSR count). The minimum absolute atomic E-state index is 0.110. The van der Waals surface area contributed by atoms with Crippen LogP contribution in [0, 0.1) is 69.8 Å². The molecule has 0 aromatic heterocycles. The Morgan fingerprint density at radius 2 is 0.600 bits per heavy atom. The van der Waals surface area contributed by atoms with E-state index in [0.717, 1.165) is 0 Å². The van der Waals surface area contributed by atoms with Gasteiger partial charge in [-0.05, 0) is 37.5 Å². The second kappa shape index (κ2) is 12.9. The summed E-state index contributed by atoms with van der Waals surface area (Å²) in [6, 6.07) is -5.26. The van der Waals surface area contributed by atoms with Crippen molar-refractivity contribution in [2.24, 2.45) is 15.0 Å².